The Kier molecular flexibility index (Phi) is 9.27. The van der Waals surface area contributed by atoms with Gasteiger partial charge in [-0.25, -0.2) is 9.78 Å². The lowest BCUT2D eigenvalue weighted by molar-refractivity contribution is -0.133. The van der Waals surface area contributed by atoms with E-state index in [4.69, 9.17) is 9.47 Å². The van der Waals surface area contributed by atoms with Gasteiger partial charge in [-0.2, -0.15) is 5.26 Å². The van der Waals surface area contributed by atoms with E-state index in [0.29, 0.717) is 26.0 Å². The maximum absolute atomic E-state index is 12.9. The maximum atomic E-state index is 12.9. The largest absolute Gasteiger partial charge is 0.444 e. The fourth-order valence-electron chi connectivity index (χ4n) is 3.56. The molecular weight excluding hydrogens is 532 g/mol. The molecule has 2 aromatic rings. The molecule has 1 N–H and O–H groups in total. The zero-order valence-corrected chi connectivity index (χ0v) is 22.9. The summed E-state index contributed by atoms with van der Waals surface area (Å²) in [5, 5.41) is 13.3. The van der Waals surface area contributed by atoms with Crippen LogP contribution in [0.5, 0.6) is 0 Å². The van der Waals surface area contributed by atoms with E-state index in [2.05, 4.69) is 39.2 Å². The molecule has 35 heavy (non-hydrogen) atoms. The minimum absolute atomic E-state index is 0.0801. The van der Waals surface area contributed by atoms with Crippen LogP contribution in [0.4, 0.5) is 4.79 Å². The lowest BCUT2D eigenvalue weighted by atomic mass is 10.0. The van der Waals surface area contributed by atoms with Crippen molar-refractivity contribution in [2.75, 3.05) is 19.7 Å². The zero-order chi connectivity index (χ0) is 25.6. The van der Waals surface area contributed by atoms with Crippen molar-refractivity contribution in [3.63, 3.8) is 0 Å². The van der Waals surface area contributed by atoms with Gasteiger partial charge in [-0.15, -0.1) is 11.3 Å². The van der Waals surface area contributed by atoms with E-state index in [1.165, 1.54) is 9.78 Å². The Labute approximate surface area is 218 Å². The van der Waals surface area contributed by atoms with Gasteiger partial charge in [0.25, 0.3) is 5.91 Å². The molecule has 0 spiro atoms. The highest BCUT2D eigenvalue weighted by atomic mass is 79.9. The van der Waals surface area contributed by atoms with Gasteiger partial charge in [0.2, 0.25) is 0 Å². The Morgan fingerprint density at radius 1 is 1.37 bits per heavy atom. The summed E-state index contributed by atoms with van der Waals surface area (Å²) in [4.78, 5) is 32.6. The van der Waals surface area contributed by atoms with Gasteiger partial charge in [-0.05, 0) is 55.1 Å². The summed E-state index contributed by atoms with van der Waals surface area (Å²) in [6, 6.07) is 9.27. The van der Waals surface area contributed by atoms with E-state index < -0.39 is 29.7 Å². The molecule has 10 heteroatoms. The number of carbonyl (C=O) groups excluding carboxylic acids is 2. The minimum Gasteiger partial charge on any atom is -0.444 e. The number of thiazole rings is 1. The van der Waals surface area contributed by atoms with E-state index >= 15 is 0 Å². The Balaban J connectivity index is 1.60. The quantitative estimate of drug-likeness (QED) is 0.546. The van der Waals surface area contributed by atoms with Crippen LogP contribution >= 0.6 is 27.3 Å². The number of nitriles is 1. The van der Waals surface area contributed by atoms with Crippen molar-refractivity contribution in [1.29, 1.82) is 5.26 Å². The van der Waals surface area contributed by atoms with Gasteiger partial charge in [0.05, 0.1) is 12.6 Å². The predicted molar refractivity (Wildman–Crippen MR) is 138 cm³/mol. The molecule has 1 aliphatic rings. The van der Waals surface area contributed by atoms with Crippen LogP contribution in [-0.2, 0) is 27.1 Å². The summed E-state index contributed by atoms with van der Waals surface area (Å²) in [5.41, 5.74) is 1.30. The van der Waals surface area contributed by atoms with Crippen molar-refractivity contribution in [2.24, 2.45) is 0 Å². The van der Waals surface area contributed by atoms with Crippen LogP contribution in [0.15, 0.2) is 28.9 Å². The zero-order valence-electron chi connectivity index (χ0n) is 20.5. The van der Waals surface area contributed by atoms with Crippen LogP contribution in [-0.4, -0.2) is 59.3 Å². The Morgan fingerprint density at radius 2 is 2.09 bits per heavy atom. The third kappa shape index (κ3) is 7.75. The number of nitrogens with zero attached hydrogens (tertiary/aromatic N) is 3. The standard InChI is InChI=1S/C25H31BrN4O4S/c1-5-20-21(26)29-23(35-20)17-9-7-16(8-10-17)13-18(14-27)28-22(31)19-15-30(11-6-12-33-19)24(32)34-25(2,3)4/h7-10,18-19H,5-6,11-13,15H2,1-4H3,(H,28,31)/t18-,19-/m0/s1. The van der Waals surface area contributed by atoms with Crippen LogP contribution < -0.4 is 5.32 Å². The summed E-state index contributed by atoms with van der Waals surface area (Å²) >= 11 is 5.15. The first-order valence-electron chi connectivity index (χ1n) is 11.6. The van der Waals surface area contributed by atoms with Gasteiger partial charge in [0, 0.05) is 30.0 Å². The molecule has 1 aromatic heterocycles. The minimum atomic E-state index is -0.862. The van der Waals surface area contributed by atoms with Gasteiger partial charge >= 0.3 is 6.09 Å². The summed E-state index contributed by atoms with van der Waals surface area (Å²) in [6.07, 6.45) is 0.537. The third-order valence-electron chi connectivity index (χ3n) is 5.31. The topological polar surface area (TPSA) is 105 Å². The van der Waals surface area contributed by atoms with E-state index in [1.54, 1.807) is 32.1 Å². The molecule has 1 aromatic carbocycles. The van der Waals surface area contributed by atoms with Gasteiger partial charge < -0.3 is 19.7 Å². The highest BCUT2D eigenvalue weighted by molar-refractivity contribution is 9.10. The molecule has 188 valence electrons. The highest BCUT2D eigenvalue weighted by Gasteiger charge is 2.31. The number of rotatable bonds is 6. The van der Waals surface area contributed by atoms with E-state index in [1.807, 2.05) is 24.3 Å². The van der Waals surface area contributed by atoms with Crippen LogP contribution in [0, 0.1) is 11.3 Å². The van der Waals surface area contributed by atoms with Gasteiger partial charge in [0.15, 0.2) is 6.10 Å². The number of amides is 2. The Bertz CT molecular complexity index is 1070. The van der Waals surface area contributed by atoms with Crippen molar-refractivity contribution >= 4 is 39.3 Å². The second-order valence-electron chi connectivity index (χ2n) is 9.32. The monoisotopic (exact) mass is 562 g/mol. The molecule has 2 heterocycles. The highest BCUT2D eigenvalue weighted by Crippen LogP contribution is 2.31. The number of halogens is 1. The Hall–Kier alpha value is -2.48. The first-order valence-corrected chi connectivity index (χ1v) is 13.2. The number of hydrogen-bond donors (Lipinski definition) is 1. The molecule has 1 saturated heterocycles. The molecule has 0 saturated carbocycles. The fourth-order valence-corrected chi connectivity index (χ4v) is 5.28. The molecule has 1 aliphatic heterocycles. The predicted octanol–water partition coefficient (Wildman–Crippen LogP) is 4.71. The van der Waals surface area contributed by atoms with Crippen LogP contribution in [0.25, 0.3) is 10.6 Å². The SMILES string of the molecule is CCc1sc(-c2ccc(C[C@@H](C#N)NC(=O)[C@@H]3CN(C(=O)OC(C)(C)C)CCCO3)cc2)nc1Br. The fraction of sp³-hybridized carbons (Fsp3) is 0.520. The molecule has 2 amide bonds. The first-order chi connectivity index (χ1) is 16.6. The molecule has 0 aliphatic carbocycles. The number of carbonyl (C=O) groups is 2. The average molecular weight is 564 g/mol. The third-order valence-corrected chi connectivity index (χ3v) is 7.47. The van der Waals surface area contributed by atoms with Crippen molar-refractivity contribution < 1.29 is 19.1 Å². The number of nitrogens with one attached hydrogen (secondary N) is 1. The molecule has 1 fully saturated rings. The summed E-state index contributed by atoms with van der Waals surface area (Å²) < 4.78 is 12.0. The van der Waals surface area contributed by atoms with Crippen LogP contribution in [0.2, 0.25) is 0 Å². The lowest BCUT2D eigenvalue weighted by Crippen LogP contribution is -2.48. The molecule has 0 unspecified atom stereocenters. The summed E-state index contributed by atoms with van der Waals surface area (Å²) in [6.45, 7) is 8.36. The average Bonchev–Trinajstić information content (AvgIpc) is 3.01. The number of ether oxygens (including phenoxy) is 2. The van der Waals surface area contributed by atoms with E-state index in [-0.39, 0.29) is 6.54 Å². The van der Waals surface area contributed by atoms with Gasteiger partial charge in [0.1, 0.15) is 21.3 Å². The number of aryl methyl sites for hydroxylation is 1. The van der Waals surface area contributed by atoms with E-state index in [9.17, 15) is 14.9 Å². The summed E-state index contributed by atoms with van der Waals surface area (Å²) in [7, 11) is 0. The van der Waals surface area contributed by atoms with Crippen molar-refractivity contribution in [2.45, 2.75) is 64.7 Å². The number of benzene rings is 1. The molecule has 2 atom stereocenters. The maximum Gasteiger partial charge on any atom is 0.410 e. The second kappa shape index (κ2) is 12.0. The van der Waals surface area contributed by atoms with Crippen molar-refractivity contribution in [1.82, 2.24) is 15.2 Å². The first kappa shape index (κ1) is 27.1. The molecule has 3 rings (SSSR count). The van der Waals surface area contributed by atoms with Gasteiger partial charge in [-0.3, -0.25) is 4.79 Å². The molecule has 0 radical (unpaired) electrons. The van der Waals surface area contributed by atoms with Crippen molar-refractivity contribution in [3.05, 3.63) is 39.3 Å². The van der Waals surface area contributed by atoms with Crippen LogP contribution in [0.3, 0.4) is 0 Å². The molecular formula is C25H31BrN4O4S. The number of hydrogen-bond acceptors (Lipinski definition) is 7. The molecule has 0 bridgehead atoms. The van der Waals surface area contributed by atoms with Crippen molar-refractivity contribution in [3.8, 4) is 16.6 Å². The summed E-state index contributed by atoms with van der Waals surface area (Å²) in [5.74, 6) is -0.414. The smallest absolute Gasteiger partial charge is 0.410 e. The van der Waals surface area contributed by atoms with Crippen LogP contribution in [0.1, 0.15) is 44.6 Å². The number of aromatic nitrogens is 1. The van der Waals surface area contributed by atoms with Gasteiger partial charge in [-0.1, -0.05) is 31.2 Å². The second-order valence-corrected chi connectivity index (χ2v) is 11.2. The Morgan fingerprint density at radius 3 is 2.69 bits per heavy atom. The lowest BCUT2D eigenvalue weighted by Gasteiger charge is -2.27. The molecule has 8 nitrogen and oxygen atoms in total. The normalized spacial score (nSPS) is 17.3. The van der Waals surface area contributed by atoms with E-state index in [0.717, 1.165) is 27.2 Å².